The summed E-state index contributed by atoms with van der Waals surface area (Å²) in [6.45, 7) is 1.98. The second kappa shape index (κ2) is 6.96. The van der Waals surface area contributed by atoms with Crippen LogP contribution < -0.4 is 4.74 Å². The van der Waals surface area contributed by atoms with Crippen molar-refractivity contribution in [2.24, 2.45) is 0 Å². The molecule has 1 aliphatic rings. The number of aryl methyl sites for hydroxylation is 1. The first kappa shape index (κ1) is 19.3. The van der Waals surface area contributed by atoms with Gasteiger partial charge in [-0.2, -0.15) is 0 Å². The van der Waals surface area contributed by atoms with Crippen molar-refractivity contribution < 1.29 is 23.8 Å². The predicted molar refractivity (Wildman–Crippen MR) is 118 cm³/mol. The van der Waals surface area contributed by atoms with Crippen LogP contribution in [0.15, 0.2) is 52.9 Å². The van der Waals surface area contributed by atoms with Crippen molar-refractivity contribution >= 4 is 45.6 Å². The summed E-state index contributed by atoms with van der Waals surface area (Å²) in [6, 6.07) is 13.6. The van der Waals surface area contributed by atoms with Crippen LogP contribution in [-0.2, 0) is 6.42 Å². The van der Waals surface area contributed by atoms with Crippen molar-refractivity contribution in [1.82, 2.24) is 0 Å². The fourth-order valence-electron chi connectivity index (χ4n) is 4.02. The number of nitrogens with zero attached hydrogens (tertiary/aromatic N) is 1. The molecule has 0 spiro atoms. The van der Waals surface area contributed by atoms with Crippen molar-refractivity contribution in [3.63, 3.8) is 0 Å². The number of ether oxygens (including phenoxy) is 1. The Balaban J connectivity index is 1.56. The highest BCUT2D eigenvalue weighted by atomic mass is 35.5. The maximum absolute atomic E-state index is 13.2. The summed E-state index contributed by atoms with van der Waals surface area (Å²) >= 11 is 6.16. The average Bonchev–Trinajstić information content (AvgIpc) is 3.41. The zero-order valence-electron chi connectivity index (χ0n) is 16.7. The number of halogens is 1. The van der Waals surface area contributed by atoms with Crippen molar-refractivity contribution in [2.75, 3.05) is 7.05 Å². The minimum Gasteiger partial charge on any atom is -0.506 e. The Kier molecular flexibility index (Phi) is 4.34. The Morgan fingerprint density at radius 1 is 1.03 bits per heavy atom. The molecule has 31 heavy (non-hydrogen) atoms. The number of fused-ring (bicyclic) bond motifs is 5. The lowest BCUT2D eigenvalue weighted by Gasteiger charge is -2.13. The van der Waals surface area contributed by atoms with Gasteiger partial charge in [-0.3, -0.25) is 4.79 Å². The number of Topliss-reactive ketones (excluding diaryl/α,β-unsaturated/α-hetero) is 1. The van der Waals surface area contributed by atoms with E-state index < -0.39 is 0 Å². The molecule has 7 heteroatoms. The first-order valence-electron chi connectivity index (χ1n) is 9.73. The number of carbonyl (C=O) groups excluding carboxylic acids is 1. The number of aliphatic hydroxyl groups excluding tert-OH is 1. The standard InChI is InChI=1S/C24H16ClNO5/c1-3-12-4-5-13(30-14-6-7-17(26(2)29)16(25)11-14)10-15(12)20-23(27)21-18-8-9-19(31-18)22(21)24(20)28/h4-11H,3H2,1-2H3/p+1. The Morgan fingerprint density at radius 3 is 2.35 bits per heavy atom. The SMILES string of the molecule is CCc1ccc(Oc2ccc([N+](C)=O)c(Cl)c2)cc1C1=C(O)c2c(c3ccc2o3)C1=O. The number of ketones is 1. The van der Waals surface area contributed by atoms with Crippen LogP contribution in [0, 0.1) is 4.91 Å². The van der Waals surface area contributed by atoms with Gasteiger partial charge in [-0.25, -0.2) is 0 Å². The van der Waals surface area contributed by atoms with Crippen LogP contribution in [0.5, 0.6) is 11.5 Å². The number of benzene rings is 3. The third-order valence-electron chi connectivity index (χ3n) is 5.50. The van der Waals surface area contributed by atoms with Gasteiger partial charge in [0.25, 0.3) is 5.69 Å². The molecule has 4 aromatic rings. The number of carbonyl (C=O) groups is 1. The van der Waals surface area contributed by atoms with Crippen molar-refractivity contribution in [3.8, 4) is 11.5 Å². The number of nitroso groups, excluding NO2 is 1. The van der Waals surface area contributed by atoms with Gasteiger partial charge in [0.15, 0.2) is 7.05 Å². The number of aliphatic hydroxyl groups is 1. The van der Waals surface area contributed by atoms with E-state index in [1.165, 1.54) is 7.05 Å². The predicted octanol–water partition coefficient (Wildman–Crippen LogP) is 6.54. The average molecular weight is 435 g/mol. The van der Waals surface area contributed by atoms with E-state index in [9.17, 15) is 14.8 Å². The van der Waals surface area contributed by atoms with E-state index in [-0.39, 0.29) is 22.1 Å². The lowest BCUT2D eigenvalue weighted by Crippen LogP contribution is -2.02. The van der Waals surface area contributed by atoms with Crippen LogP contribution in [0.4, 0.5) is 5.69 Å². The van der Waals surface area contributed by atoms with E-state index in [1.54, 1.807) is 42.5 Å². The van der Waals surface area contributed by atoms with Gasteiger partial charge in [-0.05, 0) is 47.9 Å². The Labute approximate surface area is 182 Å². The molecule has 6 nitrogen and oxygen atoms in total. The van der Waals surface area contributed by atoms with Crippen LogP contribution in [0.3, 0.4) is 0 Å². The Hall–Kier alpha value is -3.64. The summed E-state index contributed by atoms with van der Waals surface area (Å²) in [5.74, 6) is 0.583. The molecule has 2 heterocycles. The molecule has 0 saturated carbocycles. The zero-order chi connectivity index (χ0) is 21.9. The molecule has 5 rings (SSSR count). The molecular weight excluding hydrogens is 418 g/mol. The second-order valence-corrected chi connectivity index (χ2v) is 7.76. The van der Waals surface area contributed by atoms with Crippen molar-refractivity contribution in [2.45, 2.75) is 13.3 Å². The monoisotopic (exact) mass is 434 g/mol. The van der Waals surface area contributed by atoms with E-state index in [2.05, 4.69) is 0 Å². The summed E-state index contributed by atoms with van der Waals surface area (Å²) in [5.41, 5.74) is 3.92. The molecule has 2 aromatic carbocycles. The van der Waals surface area contributed by atoms with E-state index in [0.29, 0.717) is 56.2 Å². The minimum absolute atomic E-state index is 0.0768. The first-order valence-corrected chi connectivity index (χ1v) is 10.1. The molecule has 0 aliphatic heterocycles. The zero-order valence-corrected chi connectivity index (χ0v) is 17.5. The van der Waals surface area contributed by atoms with E-state index in [1.807, 2.05) is 13.0 Å². The molecule has 0 amide bonds. The van der Waals surface area contributed by atoms with E-state index in [0.717, 1.165) is 5.56 Å². The van der Waals surface area contributed by atoms with Gasteiger partial charge >= 0.3 is 0 Å². The normalized spacial score (nSPS) is 13.3. The second-order valence-electron chi connectivity index (χ2n) is 7.35. The molecular formula is C24H17ClNO5+. The van der Waals surface area contributed by atoms with Gasteiger partial charge in [0.2, 0.25) is 5.78 Å². The number of allylic oxidation sites excluding steroid dienone is 1. The molecule has 2 aromatic heterocycles. The molecule has 0 saturated heterocycles. The summed E-state index contributed by atoms with van der Waals surface area (Å²) in [4.78, 5) is 24.7. The summed E-state index contributed by atoms with van der Waals surface area (Å²) in [5, 5.41) is 11.2. The van der Waals surface area contributed by atoms with Gasteiger partial charge in [-0.15, -0.1) is 0 Å². The molecule has 0 atom stereocenters. The number of hydrogen-bond donors (Lipinski definition) is 1. The topological polar surface area (TPSA) is 79.8 Å². The van der Waals surface area contributed by atoms with Gasteiger partial charge in [-0.1, -0.05) is 24.6 Å². The van der Waals surface area contributed by atoms with Crippen LogP contribution >= 0.6 is 11.6 Å². The summed E-state index contributed by atoms with van der Waals surface area (Å²) in [6.07, 6.45) is 0.669. The molecule has 0 unspecified atom stereocenters. The van der Waals surface area contributed by atoms with Crippen LogP contribution in [0.1, 0.15) is 34.0 Å². The van der Waals surface area contributed by atoms with Crippen molar-refractivity contribution in [1.29, 1.82) is 0 Å². The van der Waals surface area contributed by atoms with Gasteiger partial charge in [0, 0.05) is 21.8 Å². The van der Waals surface area contributed by atoms with Crippen LogP contribution in [-0.4, -0.2) is 22.7 Å². The molecule has 0 radical (unpaired) electrons. The lowest BCUT2D eigenvalue weighted by molar-refractivity contribution is -0.428. The molecule has 1 N–H and O–H groups in total. The lowest BCUT2D eigenvalue weighted by atomic mass is 9.95. The highest BCUT2D eigenvalue weighted by Crippen LogP contribution is 2.45. The quantitative estimate of drug-likeness (QED) is 0.360. The van der Waals surface area contributed by atoms with Crippen molar-refractivity contribution in [3.05, 3.63) is 80.7 Å². The Bertz CT molecular complexity index is 1420. The molecule has 1 aliphatic carbocycles. The van der Waals surface area contributed by atoms with Gasteiger partial charge in [0.05, 0.1) is 16.7 Å². The fourth-order valence-corrected chi connectivity index (χ4v) is 4.31. The molecule has 154 valence electrons. The van der Waals surface area contributed by atoms with Crippen LogP contribution in [0.2, 0.25) is 5.02 Å². The number of rotatable bonds is 5. The minimum atomic E-state index is -0.264. The molecule has 0 fully saturated rings. The Morgan fingerprint density at radius 2 is 1.71 bits per heavy atom. The third-order valence-corrected chi connectivity index (χ3v) is 5.80. The highest BCUT2D eigenvalue weighted by molar-refractivity contribution is 6.42. The number of hydrogen-bond acceptors (Lipinski definition) is 5. The maximum Gasteiger partial charge on any atom is 0.274 e. The first-order chi connectivity index (χ1) is 14.9. The van der Waals surface area contributed by atoms with Crippen LogP contribution in [0.25, 0.3) is 22.5 Å². The number of furan rings is 2. The summed E-state index contributed by atoms with van der Waals surface area (Å²) < 4.78 is 12.1. The highest BCUT2D eigenvalue weighted by Gasteiger charge is 2.37. The van der Waals surface area contributed by atoms with Gasteiger partial charge < -0.3 is 14.3 Å². The third kappa shape index (κ3) is 2.91. The maximum atomic E-state index is 13.2. The van der Waals surface area contributed by atoms with Gasteiger partial charge in [0.1, 0.15) is 33.4 Å². The molecule has 2 bridgehead atoms. The smallest absolute Gasteiger partial charge is 0.274 e. The largest absolute Gasteiger partial charge is 0.506 e. The van der Waals surface area contributed by atoms with E-state index >= 15 is 0 Å². The fraction of sp³-hybridized carbons (Fsp3) is 0.125. The van der Waals surface area contributed by atoms with E-state index in [4.69, 9.17) is 20.8 Å². The summed E-state index contributed by atoms with van der Waals surface area (Å²) in [7, 11) is 1.37.